The zero-order valence-electron chi connectivity index (χ0n) is 8.97. The van der Waals surface area contributed by atoms with Gasteiger partial charge in [-0.2, -0.15) is 0 Å². The fourth-order valence-corrected chi connectivity index (χ4v) is 1.48. The molecular weight excluding hydrogens is 200 g/mol. The Morgan fingerprint density at radius 1 is 1.19 bits per heavy atom. The number of benzene rings is 1. The Balaban J connectivity index is 2.40. The van der Waals surface area contributed by atoms with E-state index in [9.17, 15) is 4.79 Å². The molecule has 3 nitrogen and oxygen atoms in total. The minimum Gasteiger partial charge on any atom is -0.355 e. The molecular formula is C13H12N2O. The number of rotatable bonds is 2. The van der Waals surface area contributed by atoms with Crippen LogP contribution in [0.15, 0.2) is 48.7 Å². The number of amides is 1. The summed E-state index contributed by atoms with van der Waals surface area (Å²) in [5, 5.41) is 2.59. The third-order valence-corrected chi connectivity index (χ3v) is 2.32. The van der Waals surface area contributed by atoms with Crippen LogP contribution in [-0.4, -0.2) is 17.9 Å². The van der Waals surface area contributed by atoms with Gasteiger partial charge in [-0.3, -0.25) is 9.78 Å². The van der Waals surface area contributed by atoms with Crippen LogP contribution in [0.1, 0.15) is 10.4 Å². The smallest absolute Gasteiger partial charge is 0.251 e. The van der Waals surface area contributed by atoms with Gasteiger partial charge in [-0.1, -0.05) is 30.3 Å². The molecule has 80 valence electrons. The molecule has 0 bridgehead atoms. The molecule has 0 aliphatic rings. The molecule has 1 N–H and O–H groups in total. The van der Waals surface area contributed by atoms with Crippen molar-refractivity contribution in [1.29, 1.82) is 0 Å². The number of aromatic nitrogens is 1. The van der Waals surface area contributed by atoms with Crippen molar-refractivity contribution in [3.05, 3.63) is 54.2 Å². The lowest BCUT2D eigenvalue weighted by atomic mass is 10.1. The van der Waals surface area contributed by atoms with Gasteiger partial charge in [-0.15, -0.1) is 0 Å². The highest BCUT2D eigenvalue weighted by atomic mass is 16.1. The van der Waals surface area contributed by atoms with Crippen LogP contribution in [0, 0.1) is 0 Å². The molecule has 0 aliphatic carbocycles. The van der Waals surface area contributed by atoms with Crippen molar-refractivity contribution in [2.24, 2.45) is 0 Å². The van der Waals surface area contributed by atoms with Gasteiger partial charge in [0.2, 0.25) is 0 Å². The summed E-state index contributed by atoms with van der Waals surface area (Å²) in [6, 6.07) is 13.3. The lowest BCUT2D eigenvalue weighted by molar-refractivity contribution is 0.0963. The van der Waals surface area contributed by atoms with Crippen molar-refractivity contribution >= 4 is 5.91 Å². The summed E-state index contributed by atoms with van der Waals surface area (Å²) >= 11 is 0. The van der Waals surface area contributed by atoms with Gasteiger partial charge < -0.3 is 5.32 Å². The van der Waals surface area contributed by atoms with Crippen LogP contribution in [0.4, 0.5) is 0 Å². The first-order chi connectivity index (χ1) is 7.81. The summed E-state index contributed by atoms with van der Waals surface area (Å²) in [5.41, 5.74) is 2.44. The predicted octanol–water partition coefficient (Wildman–Crippen LogP) is 2.11. The molecule has 2 aromatic rings. The highest BCUT2D eigenvalue weighted by Gasteiger charge is 2.05. The lowest BCUT2D eigenvalue weighted by Gasteiger charge is -2.03. The van der Waals surface area contributed by atoms with Crippen LogP contribution in [0.2, 0.25) is 0 Å². The molecule has 2 rings (SSSR count). The molecule has 16 heavy (non-hydrogen) atoms. The van der Waals surface area contributed by atoms with Crippen LogP contribution in [0.25, 0.3) is 11.3 Å². The predicted molar refractivity (Wildman–Crippen MR) is 63.1 cm³/mol. The van der Waals surface area contributed by atoms with Crippen molar-refractivity contribution in [2.75, 3.05) is 7.05 Å². The SMILES string of the molecule is CNC(=O)c1ccnc(-c2ccccc2)c1. The summed E-state index contributed by atoms with van der Waals surface area (Å²) in [7, 11) is 1.62. The molecule has 0 fully saturated rings. The molecule has 3 heteroatoms. The number of hydrogen-bond donors (Lipinski definition) is 1. The third kappa shape index (κ3) is 2.08. The minimum atomic E-state index is -0.0976. The Morgan fingerprint density at radius 2 is 1.94 bits per heavy atom. The van der Waals surface area contributed by atoms with Gasteiger partial charge in [-0.25, -0.2) is 0 Å². The van der Waals surface area contributed by atoms with E-state index in [0.29, 0.717) is 5.56 Å². The van der Waals surface area contributed by atoms with Crippen molar-refractivity contribution in [3.63, 3.8) is 0 Å². The summed E-state index contributed by atoms with van der Waals surface area (Å²) < 4.78 is 0. The number of carbonyl (C=O) groups excluding carboxylic acids is 1. The Morgan fingerprint density at radius 3 is 2.62 bits per heavy atom. The third-order valence-electron chi connectivity index (χ3n) is 2.32. The molecule has 0 unspecified atom stereocenters. The Kier molecular flexibility index (Phi) is 2.96. The van der Waals surface area contributed by atoms with E-state index in [0.717, 1.165) is 11.3 Å². The molecule has 0 saturated carbocycles. The van der Waals surface area contributed by atoms with Gasteiger partial charge in [0.15, 0.2) is 0 Å². The molecule has 1 amide bonds. The van der Waals surface area contributed by atoms with Crippen LogP contribution in [0.3, 0.4) is 0 Å². The first-order valence-corrected chi connectivity index (χ1v) is 5.05. The Bertz CT molecular complexity index is 494. The summed E-state index contributed by atoms with van der Waals surface area (Å²) in [6.45, 7) is 0. The van der Waals surface area contributed by atoms with Crippen molar-refractivity contribution in [1.82, 2.24) is 10.3 Å². The molecule has 0 atom stereocenters. The molecule has 0 saturated heterocycles. The zero-order valence-corrected chi connectivity index (χ0v) is 8.97. The second-order valence-corrected chi connectivity index (χ2v) is 3.37. The van der Waals surface area contributed by atoms with Gasteiger partial charge in [0.25, 0.3) is 5.91 Å². The number of pyridine rings is 1. The van der Waals surface area contributed by atoms with Gasteiger partial charge in [0.05, 0.1) is 5.69 Å². The molecule has 1 heterocycles. The van der Waals surface area contributed by atoms with E-state index in [1.54, 1.807) is 25.4 Å². The molecule has 0 spiro atoms. The zero-order chi connectivity index (χ0) is 11.4. The number of carbonyl (C=O) groups is 1. The van der Waals surface area contributed by atoms with E-state index in [1.807, 2.05) is 30.3 Å². The fraction of sp³-hybridized carbons (Fsp3) is 0.0769. The summed E-state index contributed by atoms with van der Waals surface area (Å²) in [6.07, 6.45) is 1.65. The molecule has 0 radical (unpaired) electrons. The first kappa shape index (κ1) is 10.4. The van der Waals surface area contributed by atoms with E-state index in [2.05, 4.69) is 10.3 Å². The molecule has 0 aliphatic heterocycles. The highest BCUT2D eigenvalue weighted by Crippen LogP contribution is 2.16. The molecule has 1 aromatic carbocycles. The quantitative estimate of drug-likeness (QED) is 0.828. The maximum Gasteiger partial charge on any atom is 0.251 e. The lowest BCUT2D eigenvalue weighted by Crippen LogP contribution is -2.17. The van der Waals surface area contributed by atoms with Gasteiger partial charge in [0, 0.05) is 24.4 Å². The van der Waals surface area contributed by atoms with Crippen molar-refractivity contribution in [3.8, 4) is 11.3 Å². The maximum atomic E-state index is 11.5. The van der Waals surface area contributed by atoms with Gasteiger partial charge in [-0.05, 0) is 12.1 Å². The van der Waals surface area contributed by atoms with E-state index in [-0.39, 0.29) is 5.91 Å². The average molecular weight is 212 g/mol. The number of nitrogens with one attached hydrogen (secondary N) is 1. The fourth-order valence-electron chi connectivity index (χ4n) is 1.48. The number of nitrogens with zero attached hydrogens (tertiary/aromatic N) is 1. The summed E-state index contributed by atoms with van der Waals surface area (Å²) in [5.74, 6) is -0.0976. The molecule has 1 aromatic heterocycles. The topological polar surface area (TPSA) is 42.0 Å². The normalized spacial score (nSPS) is 9.81. The van der Waals surface area contributed by atoms with Gasteiger partial charge >= 0.3 is 0 Å². The van der Waals surface area contributed by atoms with Gasteiger partial charge in [0.1, 0.15) is 0 Å². The number of hydrogen-bond acceptors (Lipinski definition) is 2. The summed E-state index contributed by atoms with van der Waals surface area (Å²) in [4.78, 5) is 15.7. The Hall–Kier alpha value is -2.16. The standard InChI is InChI=1S/C13H12N2O/c1-14-13(16)11-7-8-15-12(9-11)10-5-3-2-4-6-10/h2-9H,1H3,(H,14,16). The minimum absolute atomic E-state index is 0.0976. The monoisotopic (exact) mass is 212 g/mol. The largest absolute Gasteiger partial charge is 0.355 e. The Labute approximate surface area is 94.1 Å². The average Bonchev–Trinajstić information content (AvgIpc) is 2.39. The second-order valence-electron chi connectivity index (χ2n) is 3.37. The van der Waals surface area contributed by atoms with Crippen molar-refractivity contribution < 1.29 is 4.79 Å². The van der Waals surface area contributed by atoms with Crippen LogP contribution < -0.4 is 5.32 Å². The van der Waals surface area contributed by atoms with E-state index >= 15 is 0 Å². The van der Waals surface area contributed by atoms with E-state index < -0.39 is 0 Å². The van der Waals surface area contributed by atoms with Crippen molar-refractivity contribution in [2.45, 2.75) is 0 Å². The van der Waals surface area contributed by atoms with E-state index in [4.69, 9.17) is 0 Å². The highest BCUT2D eigenvalue weighted by molar-refractivity contribution is 5.94. The van der Waals surface area contributed by atoms with Crippen LogP contribution in [-0.2, 0) is 0 Å². The van der Waals surface area contributed by atoms with Crippen LogP contribution in [0.5, 0.6) is 0 Å². The maximum absolute atomic E-state index is 11.5. The van der Waals surface area contributed by atoms with E-state index in [1.165, 1.54) is 0 Å². The second kappa shape index (κ2) is 4.57. The first-order valence-electron chi connectivity index (χ1n) is 5.05. The van der Waals surface area contributed by atoms with Crippen LogP contribution >= 0.6 is 0 Å².